The molecule has 180 valence electrons. The second-order valence-electron chi connectivity index (χ2n) is 8.32. The van der Waals surface area contributed by atoms with E-state index in [2.05, 4.69) is 5.32 Å². The van der Waals surface area contributed by atoms with E-state index < -0.39 is 28.5 Å². The van der Waals surface area contributed by atoms with Crippen LogP contribution in [0.25, 0.3) is 0 Å². The molecule has 0 aliphatic rings. The molecule has 9 heteroatoms. The van der Waals surface area contributed by atoms with Crippen molar-refractivity contribution in [2.45, 2.75) is 46.3 Å². The zero-order valence-electron chi connectivity index (χ0n) is 20.0. The number of hydrogen-bond acceptors (Lipinski definition) is 5. The summed E-state index contributed by atoms with van der Waals surface area (Å²) in [5.41, 5.74) is 2.05. The standard InChI is InChI=1S/C24H33N3O5S/c1-17(2)25-24(29)19(4)26(15-20-10-12-22(32-5)13-11-20)23(28)16-27(33(6,30)31)21-9-7-8-18(3)14-21/h7-14,17,19H,15-16H2,1-6H3,(H,25,29)/t19-/m0/s1. The van der Waals surface area contributed by atoms with Gasteiger partial charge >= 0.3 is 0 Å². The molecule has 8 nitrogen and oxygen atoms in total. The number of nitrogens with zero attached hydrogens (tertiary/aromatic N) is 2. The second-order valence-corrected chi connectivity index (χ2v) is 10.2. The molecule has 0 radical (unpaired) electrons. The minimum Gasteiger partial charge on any atom is -0.497 e. The molecule has 0 bridgehead atoms. The fourth-order valence-electron chi connectivity index (χ4n) is 3.31. The van der Waals surface area contributed by atoms with E-state index in [0.717, 1.165) is 21.7 Å². The van der Waals surface area contributed by atoms with Crippen LogP contribution >= 0.6 is 0 Å². The van der Waals surface area contributed by atoms with E-state index in [9.17, 15) is 18.0 Å². The molecular formula is C24H33N3O5S. The van der Waals surface area contributed by atoms with Crippen molar-refractivity contribution in [3.05, 3.63) is 59.7 Å². The monoisotopic (exact) mass is 475 g/mol. The van der Waals surface area contributed by atoms with Gasteiger partial charge in [-0.2, -0.15) is 0 Å². The number of nitrogens with one attached hydrogen (secondary N) is 1. The van der Waals surface area contributed by atoms with Crippen LogP contribution in [0.4, 0.5) is 5.69 Å². The van der Waals surface area contributed by atoms with E-state index in [1.165, 1.54) is 4.90 Å². The fourth-order valence-corrected chi connectivity index (χ4v) is 4.15. The van der Waals surface area contributed by atoms with Gasteiger partial charge in [0.25, 0.3) is 0 Å². The predicted octanol–water partition coefficient (Wildman–Crippen LogP) is 2.71. The Morgan fingerprint density at radius 2 is 1.70 bits per heavy atom. The lowest BCUT2D eigenvalue weighted by Crippen LogP contribution is -2.52. The number of ether oxygens (including phenoxy) is 1. The summed E-state index contributed by atoms with van der Waals surface area (Å²) < 4.78 is 31.3. The Hall–Kier alpha value is -3.07. The molecule has 2 amide bonds. The molecule has 33 heavy (non-hydrogen) atoms. The molecule has 0 unspecified atom stereocenters. The van der Waals surface area contributed by atoms with Crippen LogP contribution in [0.1, 0.15) is 31.9 Å². The van der Waals surface area contributed by atoms with Crippen molar-refractivity contribution in [1.82, 2.24) is 10.2 Å². The largest absolute Gasteiger partial charge is 0.497 e. The third kappa shape index (κ3) is 7.49. The number of carbonyl (C=O) groups is 2. The van der Waals surface area contributed by atoms with Crippen molar-refractivity contribution < 1.29 is 22.7 Å². The zero-order valence-corrected chi connectivity index (χ0v) is 20.8. The predicted molar refractivity (Wildman–Crippen MR) is 130 cm³/mol. The highest BCUT2D eigenvalue weighted by Crippen LogP contribution is 2.21. The molecule has 0 saturated heterocycles. The number of amides is 2. The van der Waals surface area contributed by atoms with Crippen molar-refractivity contribution in [1.29, 1.82) is 0 Å². The average molecular weight is 476 g/mol. The van der Waals surface area contributed by atoms with Gasteiger partial charge in [0.1, 0.15) is 18.3 Å². The summed E-state index contributed by atoms with van der Waals surface area (Å²) in [6.45, 7) is 6.88. The first-order valence-electron chi connectivity index (χ1n) is 10.7. The Morgan fingerprint density at radius 1 is 1.06 bits per heavy atom. The Morgan fingerprint density at radius 3 is 2.21 bits per heavy atom. The number of methoxy groups -OCH3 is 1. The lowest BCUT2D eigenvalue weighted by molar-refractivity contribution is -0.139. The molecule has 0 saturated carbocycles. The van der Waals surface area contributed by atoms with Gasteiger partial charge in [0.15, 0.2) is 0 Å². The van der Waals surface area contributed by atoms with Crippen LogP contribution < -0.4 is 14.4 Å². The molecule has 2 rings (SSSR count). The van der Waals surface area contributed by atoms with Crippen LogP contribution in [0, 0.1) is 6.92 Å². The van der Waals surface area contributed by atoms with Crippen LogP contribution in [0.5, 0.6) is 5.75 Å². The van der Waals surface area contributed by atoms with Gasteiger partial charge in [0.2, 0.25) is 21.8 Å². The maximum absolute atomic E-state index is 13.4. The van der Waals surface area contributed by atoms with Gasteiger partial charge in [-0.1, -0.05) is 24.3 Å². The number of carbonyl (C=O) groups excluding carboxylic acids is 2. The molecule has 0 fully saturated rings. The average Bonchev–Trinajstić information content (AvgIpc) is 2.74. The maximum Gasteiger partial charge on any atom is 0.244 e. The van der Waals surface area contributed by atoms with E-state index in [1.54, 1.807) is 56.5 Å². The quantitative estimate of drug-likeness (QED) is 0.570. The summed E-state index contributed by atoms with van der Waals surface area (Å²) in [7, 11) is -2.18. The minimum atomic E-state index is -3.74. The molecule has 0 spiro atoms. The van der Waals surface area contributed by atoms with Crippen LogP contribution in [-0.4, -0.2) is 57.1 Å². The van der Waals surface area contributed by atoms with Crippen molar-refractivity contribution in [3.8, 4) is 5.75 Å². The topological polar surface area (TPSA) is 96.0 Å². The lowest BCUT2D eigenvalue weighted by atomic mass is 10.1. The summed E-state index contributed by atoms with van der Waals surface area (Å²) in [6.07, 6.45) is 1.06. The first-order valence-corrected chi connectivity index (χ1v) is 12.5. The molecule has 2 aromatic carbocycles. The first-order chi connectivity index (χ1) is 15.4. The maximum atomic E-state index is 13.4. The van der Waals surface area contributed by atoms with Crippen molar-refractivity contribution >= 4 is 27.5 Å². The number of anilines is 1. The smallest absolute Gasteiger partial charge is 0.244 e. The minimum absolute atomic E-state index is 0.0994. The Kier molecular flexibility index (Phi) is 8.87. The summed E-state index contributed by atoms with van der Waals surface area (Å²) in [4.78, 5) is 27.6. The number of hydrogen-bond donors (Lipinski definition) is 1. The normalized spacial score (nSPS) is 12.2. The van der Waals surface area contributed by atoms with Crippen LogP contribution in [0.15, 0.2) is 48.5 Å². The van der Waals surface area contributed by atoms with Gasteiger partial charge in [0, 0.05) is 12.6 Å². The van der Waals surface area contributed by atoms with E-state index in [-0.39, 0.29) is 18.5 Å². The molecule has 0 heterocycles. The highest BCUT2D eigenvalue weighted by molar-refractivity contribution is 7.92. The lowest BCUT2D eigenvalue weighted by Gasteiger charge is -2.32. The molecule has 0 aliphatic carbocycles. The third-order valence-electron chi connectivity index (χ3n) is 5.08. The van der Waals surface area contributed by atoms with Gasteiger partial charge in [-0.3, -0.25) is 13.9 Å². The molecule has 0 aromatic heterocycles. The summed E-state index contributed by atoms with van der Waals surface area (Å²) >= 11 is 0. The molecule has 0 aliphatic heterocycles. The Balaban J connectivity index is 2.38. The number of aryl methyl sites for hydroxylation is 1. The van der Waals surface area contributed by atoms with E-state index in [0.29, 0.717) is 11.4 Å². The molecule has 1 N–H and O–H groups in total. The number of benzene rings is 2. The van der Waals surface area contributed by atoms with E-state index in [4.69, 9.17) is 4.74 Å². The van der Waals surface area contributed by atoms with Crippen molar-refractivity contribution in [3.63, 3.8) is 0 Å². The van der Waals surface area contributed by atoms with Gasteiger partial charge in [-0.05, 0) is 63.1 Å². The highest BCUT2D eigenvalue weighted by Gasteiger charge is 2.30. The Bertz CT molecular complexity index is 1070. The van der Waals surface area contributed by atoms with E-state index >= 15 is 0 Å². The number of rotatable bonds is 10. The zero-order chi connectivity index (χ0) is 24.8. The molecule has 2 aromatic rings. The van der Waals surface area contributed by atoms with Gasteiger partial charge in [-0.15, -0.1) is 0 Å². The van der Waals surface area contributed by atoms with Gasteiger partial charge < -0.3 is 15.0 Å². The van der Waals surface area contributed by atoms with Crippen LogP contribution in [0.2, 0.25) is 0 Å². The Labute approximate surface area is 196 Å². The summed E-state index contributed by atoms with van der Waals surface area (Å²) in [5, 5.41) is 2.82. The summed E-state index contributed by atoms with van der Waals surface area (Å²) in [5.74, 6) is -0.123. The van der Waals surface area contributed by atoms with Crippen LogP contribution in [0.3, 0.4) is 0 Å². The third-order valence-corrected chi connectivity index (χ3v) is 6.22. The van der Waals surface area contributed by atoms with Gasteiger partial charge in [-0.25, -0.2) is 8.42 Å². The number of sulfonamides is 1. The van der Waals surface area contributed by atoms with Crippen molar-refractivity contribution in [2.24, 2.45) is 0 Å². The second kappa shape index (κ2) is 11.2. The highest BCUT2D eigenvalue weighted by atomic mass is 32.2. The molecule has 1 atom stereocenters. The van der Waals surface area contributed by atoms with Gasteiger partial charge in [0.05, 0.1) is 19.1 Å². The van der Waals surface area contributed by atoms with Crippen LogP contribution in [-0.2, 0) is 26.2 Å². The van der Waals surface area contributed by atoms with Crippen molar-refractivity contribution in [2.75, 3.05) is 24.2 Å². The summed E-state index contributed by atoms with van der Waals surface area (Å²) in [6, 6.07) is 13.2. The fraction of sp³-hybridized carbons (Fsp3) is 0.417. The first kappa shape index (κ1) is 26.2. The SMILES string of the molecule is COc1ccc(CN(C(=O)CN(c2cccc(C)c2)S(C)(=O)=O)[C@@H](C)C(=O)NC(C)C)cc1. The van der Waals surface area contributed by atoms with E-state index in [1.807, 2.05) is 26.8 Å². The molecular weight excluding hydrogens is 442 g/mol.